The maximum absolute atomic E-state index is 13.6. The van der Waals surface area contributed by atoms with Crippen LogP contribution in [0.4, 0.5) is 10.1 Å². The van der Waals surface area contributed by atoms with Crippen molar-refractivity contribution in [3.63, 3.8) is 0 Å². The number of carbonyl (C=O) groups excluding carboxylic acids is 1. The Morgan fingerprint density at radius 1 is 1.10 bits per heavy atom. The molecule has 2 aliphatic heterocycles. The zero-order valence-electron chi connectivity index (χ0n) is 17.5. The molecule has 170 valence electrons. The van der Waals surface area contributed by atoms with Gasteiger partial charge in [-0.15, -0.1) is 24.8 Å². The van der Waals surface area contributed by atoms with Crippen LogP contribution in [0.2, 0.25) is 0 Å². The third-order valence-electron chi connectivity index (χ3n) is 5.93. The van der Waals surface area contributed by atoms with Gasteiger partial charge in [-0.1, -0.05) is 30.3 Å². The summed E-state index contributed by atoms with van der Waals surface area (Å²) in [5.41, 5.74) is 2.17. The van der Waals surface area contributed by atoms with Crippen molar-refractivity contribution in [1.29, 1.82) is 0 Å². The zero-order chi connectivity index (χ0) is 20.1. The summed E-state index contributed by atoms with van der Waals surface area (Å²) in [5, 5.41) is 6.48. The normalized spacial score (nSPS) is 21.1. The molecule has 0 aliphatic carbocycles. The molecule has 31 heavy (non-hydrogen) atoms. The van der Waals surface area contributed by atoms with E-state index in [-0.39, 0.29) is 42.6 Å². The van der Waals surface area contributed by atoms with E-state index < -0.39 is 0 Å². The van der Waals surface area contributed by atoms with E-state index in [0.29, 0.717) is 19.0 Å². The maximum atomic E-state index is 13.6. The molecule has 0 spiro atoms. The molecule has 2 fully saturated rings. The number of hydrogen-bond acceptors (Lipinski definition) is 4. The number of anilines is 1. The van der Waals surface area contributed by atoms with Gasteiger partial charge >= 0.3 is 0 Å². The van der Waals surface area contributed by atoms with Crippen molar-refractivity contribution in [3.8, 4) is 0 Å². The molecule has 2 heterocycles. The first-order valence-electron chi connectivity index (χ1n) is 10.5. The van der Waals surface area contributed by atoms with E-state index >= 15 is 0 Å². The Morgan fingerprint density at radius 2 is 1.90 bits per heavy atom. The molecule has 0 bridgehead atoms. The molecule has 2 aromatic carbocycles. The van der Waals surface area contributed by atoms with Gasteiger partial charge in [-0.3, -0.25) is 9.69 Å². The summed E-state index contributed by atoms with van der Waals surface area (Å²) < 4.78 is 13.6. The molecule has 2 N–H and O–H groups in total. The largest absolute Gasteiger partial charge is 0.371 e. The second-order valence-electron chi connectivity index (χ2n) is 7.99. The number of amides is 1. The molecule has 2 aromatic rings. The van der Waals surface area contributed by atoms with Crippen LogP contribution < -0.4 is 15.5 Å². The number of carbonyl (C=O) groups is 1. The van der Waals surface area contributed by atoms with Gasteiger partial charge in [0.05, 0.1) is 6.54 Å². The minimum absolute atomic E-state index is 0. The molecule has 2 aliphatic rings. The van der Waals surface area contributed by atoms with Crippen LogP contribution in [-0.2, 0) is 4.79 Å². The molecule has 2 atom stereocenters. The van der Waals surface area contributed by atoms with Gasteiger partial charge in [0.15, 0.2) is 0 Å². The van der Waals surface area contributed by atoms with Gasteiger partial charge in [0.25, 0.3) is 0 Å². The Kier molecular flexibility index (Phi) is 10.0. The van der Waals surface area contributed by atoms with Crippen LogP contribution in [0, 0.1) is 11.7 Å². The molecule has 2 saturated heterocycles. The molecule has 0 saturated carbocycles. The first kappa shape index (κ1) is 25.4. The fourth-order valence-corrected chi connectivity index (χ4v) is 4.35. The Labute approximate surface area is 196 Å². The summed E-state index contributed by atoms with van der Waals surface area (Å²) in [4.78, 5) is 17.1. The number of benzene rings is 2. The highest BCUT2D eigenvalue weighted by Gasteiger charge is 2.27. The molecular weight excluding hydrogens is 438 g/mol. The quantitative estimate of drug-likeness (QED) is 0.682. The van der Waals surface area contributed by atoms with E-state index in [1.165, 1.54) is 11.8 Å². The van der Waals surface area contributed by atoms with E-state index in [0.717, 1.165) is 44.7 Å². The van der Waals surface area contributed by atoms with E-state index in [4.69, 9.17) is 0 Å². The third-order valence-corrected chi connectivity index (χ3v) is 5.93. The summed E-state index contributed by atoms with van der Waals surface area (Å²) in [6.07, 6.45) is 1.09. The van der Waals surface area contributed by atoms with Crippen molar-refractivity contribution in [2.75, 3.05) is 50.7 Å². The van der Waals surface area contributed by atoms with Gasteiger partial charge < -0.3 is 15.5 Å². The van der Waals surface area contributed by atoms with Gasteiger partial charge in [0, 0.05) is 51.0 Å². The number of hydrogen-bond donors (Lipinski definition) is 2. The van der Waals surface area contributed by atoms with Crippen molar-refractivity contribution < 1.29 is 9.18 Å². The summed E-state index contributed by atoms with van der Waals surface area (Å²) in [5.74, 6) is 0.286. The number of piperazine rings is 1. The minimum atomic E-state index is -0.235. The standard InChI is InChI=1S/C23H29FN4O.2ClH/c24-20-6-4-5-19(13-20)22-15-25-10-12-28(22)17-23(29)26-14-18-9-11-27(16-18)21-7-2-1-3-8-21;;/h1-8,13,18,22,25H,9-12,14-17H2,(H,26,29);2*1H. The van der Waals surface area contributed by atoms with Crippen LogP contribution in [0.1, 0.15) is 18.0 Å². The number of para-hydroxylation sites is 1. The molecule has 0 aromatic heterocycles. The second kappa shape index (κ2) is 12.2. The average Bonchev–Trinajstić information content (AvgIpc) is 3.22. The van der Waals surface area contributed by atoms with Gasteiger partial charge in [-0.2, -0.15) is 0 Å². The lowest BCUT2D eigenvalue weighted by molar-refractivity contribution is -0.123. The van der Waals surface area contributed by atoms with Gasteiger partial charge in [-0.25, -0.2) is 4.39 Å². The Bertz CT molecular complexity index is 826. The fourth-order valence-electron chi connectivity index (χ4n) is 4.35. The average molecular weight is 469 g/mol. The van der Waals surface area contributed by atoms with E-state index in [1.54, 1.807) is 12.1 Å². The van der Waals surface area contributed by atoms with E-state index in [1.807, 2.05) is 12.1 Å². The number of nitrogens with one attached hydrogen (secondary N) is 2. The lowest BCUT2D eigenvalue weighted by atomic mass is 10.0. The highest BCUT2D eigenvalue weighted by molar-refractivity contribution is 5.85. The van der Waals surface area contributed by atoms with Crippen LogP contribution in [-0.4, -0.2) is 56.6 Å². The van der Waals surface area contributed by atoms with Gasteiger partial charge in [-0.05, 0) is 42.2 Å². The van der Waals surface area contributed by atoms with Crippen molar-refractivity contribution in [1.82, 2.24) is 15.5 Å². The summed E-state index contributed by atoms with van der Waals surface area (Å²) >= 11 is 0. The van der Waals surface area contributed by atoms with Crippen molar-refractivity contribution in [3.05, 3.63) is 66.0 Å². The highest BCUT2D eigenvalue weighted by Crippen LogP contribution is 2.24. The smallest absolute Gasteiger partial charge is 0.234 e. The number of rotatable bonds is 6. The molecule has 4 rings (SSSR count). The van der Waals surface area contributed by atoms with Crippen LogP contribution in [0.3, 0.4) is 0 Å². The SMILES string of the molecule is Cl.Cl.O=C(CN1CCNCC1c1cccc(F)c1)NCC1CCN(c2ccccc2)C1. The number of halogens is 3. The summed E-state index contributed by atoms with van der Waals surface area (Å²) in [7, 11) is 0. The number of nitrogens with zero attached hydrogens (tertiary/aromatic N) is 2. The monoisotopic (exact) mass is 468 g/mol. The molecule has 0 radical (unpaired) electrons. The maximum Gasteiger partial charge on any atom is 0.234 e. The van der Waals surface area contributed by atoms with Crippen molar-refractivity contribution in [2.24, 2.45) is 5.92 Å². The predicted molar refractivity (Wildman–Crippen MR) is 128 cm³/mol. The highest BCUT2D eigenvalue weighted by atomic mass is 35.5. The summed E-state index contributed by atoms with van der Waals surface area (Å²) in [6, 6.07) is 17.1. The Morgan fingerprint density at radius 3 is 2.68 bits per heavy atom. The van der Waals surface area contributed by atoms with Gasteiger partial charge in [0.2, 0.25) is 5.91 Å². The molecule has 2 unspecified atom stereocenters. The van der Waals surface area contributed by atoms with Crippen LogP contribution in [0.5, 0.6) is 0 Å². The van der Waals surface area contributed by atoms with E-state index in [9.17, 15) is 9.18 Å². The molecule has 1 amide bonds. The third kappa shape index (κ3) is 6.81. The van der Waals surface area contributed by atoms with Crippen molar-refractivity contribution >= 4 is 36.4 Å². The Hall–Kier alpha value is -1.86. The van der Waals surface area contributed by atoms with Gasteiger partial charge in [0.1, 0.15) is 5.82 Å². The zero-order valence-corrected chi connectivity index (χ0v) is 19.1. The first-order chi connectivity index (χ1) is 14.2. The molecule has 5 nitrogen and oxygen atoms in total. The lowest BCUT2D eigenvalue weighted by Gasteiger charge is -2.36. The topological polar surface area (TPSA) is 47.6 Å². The molecular formula is C23H31Cl2FN4O. The molecule has 8 heteroatoms. The van der Waals surface area contributed by atoms with Crippen LogP contribution in [0.15, 0.2) is 54.6 Å². The Balaban J connectivity index is 0.00000171. The minimum Gasteiger partial charge on any atom is -0.371 e. The predicted octanol–water partition coefficient (Wildman–Crippen LogP) is 3.26. The fraction of sp³-hybridized carbons (Fsp3) is 0.435. The van der Waals surface area contributed by atoms with Crippen LogP contribution >= 0.6 is 24.8 Å². The van der Waals surface area contributed by atoms with Crippen LogP contribution in [0.25, 0.3) is 0 Å². The lowest BCUT2D eigenvalue weighted by Crippen LogP contribution is -2.50. The first-order valence-corrected chi connectivity index (χ1v) is 10.5. The van der Waals surface area contributed by atoms with E-state index in [2.05, 4.69) is 44.7 Å². The summed E-state index contributed by atoms with van der Waals surface area (Å²) in [6.45, 7) is 5.41. The second-order valence-corrected chi connectivity index (χ2v) is 7.99. The van der Waals surface area contributed by atoms with Crippen molar-refractivity contribution in [2.45, 2.75) is 12.5 Å².